The van der Waals surface area contributed by atoms with Crippen molar-refractivity contribution in [3.63, 3.8) is 0 Å². The van der Waals surface area contributed by atoms with Gasteiger partial charge in [0.15, 0.2) is 0 Å². The number of aliphatic hydroxyl groups is 1. The second kappa shape index (κ2) is 16.9. The molecule has 0 spiro atoms. The van der Waals surface area contributed by atoms with Crippen molar-refractivity contribution in [1.82, 2.24) is 0 Å². The number of anilines is 1. The zero-order valence-electron chi connectivity index (χ0n) is 11.3. The number of hydrogen-bond donors (Lipinski definition) is 2. The van der Waals surface area contributed by atoms with Crippen LogP contribution in [0.15, 0.2) is 18.2 Å². The minimum Gasteiger partial charge on any atom is -0.650 e. The Morgan fingerprint density at radius 2 is 2.00 bits per heavy atom. The number of nitrogens with one attached hydrogen (secondary N) is 1. The van der Waals surface area contributed by atoms with Crippen LogP contribution in [0.4, 0.5) is 5.69 Å². The van der Waals surface area contributed by atoms with Crippen molar-refractivity contribution in [3.8, 4) is 0 Å². The average Bonchev–Trinajstić information content (AvgIpc) is 2.27. The monoisotopic (exact) mass is 669 g/mol. The van der Waals surface area contributed by atoms with Gasteiger partial charge in [-0.15, -0.1) is 0 Å². The van der Waals surface area contributed by atoms with Crippen molar-refractivity contribution in [2.24, 2.45) is 0 Å². The van der Waals surface area contributed by atoms with Crippen LogP contribution in [-0.4, -0.2) is 23.1 Å². The third-order valence-corrected chi connectivity index (χ3v) is 2.08. The summed E-state index contributed by atoms with van der Waals surface area (Å²) in [6.45, 7) is 5.56. The van der Waals surface area contributed by atoms with Crippen molar-refractivity contribution < 1.29 is 114 Å². The summed E-state index contributed by atoms with van der Waals surface area (Å²) in [4.78, 5) is 9.94. The van der Waals surface area contributed by atoms with Crippen molar-refractivity contribution in [2.75, 3.05) is 5.32 Å². The molecule has 4 N–H and O–H groups in total. The van der Waals surface area contributed by atoms with E-state index in [9.17, 15) is 9.90 Å². The molecule has 0 saturated heterocycles. The first-order valence-corrected chi connectivity index (χ1v) is 5.15. The van der Waals surface area contributed by atoms with Crippen LogP contribution in [-0.2, 0) is 77.8 Å². The van der Waals surface area contributed by atoms with Gasteiger partial charge in [0.25, 0.3) is 0 Å². The van der Waals surface area contributed by atoms with Crippen LogP contribution in [0.2, 0.25) is 0 Å². The van der Waals surface area contributed by atoms with E-state index in [1.165, 1.54) is 6.47 Å². The molecule has 0 aliphatic carbocycles. The molecule has 0 aliphatic heterocycles. The van der Waals surface area contributed by atoms with Gasteiger partial charge in [0.05, 0.1) is 13.2 Å². The zero-order chi connectivity index (χ0) is 12.0. The topological polar surface area (TPSA) is 90.1 Å². The van der Waals surface area contributed by atoms with Gasteiger partial charge in [-0.25, -0.2) is 0 Å². The van der Waals surface area contributed by atoms with Crippen molar-refractivity contribution in [1.29, 1.82) is 0 Å². The summed E-state index contributed by atoms with van der Waals surface area (Å²) < 4.78 is 4.53. The number of benzene rings is 1. The van der Waals surface area contributed by atoms with E-state index in [1.54, 1.807) is 0 Å². The third kappa shape index (κ3) is 11.2. The molecule has 0 atom stereocenters. The zero-order valence-corrected chi connectivity index (χ0v) is 19.5. The van der Waals surface area contributed by atoms with Crippen LogP contribution in [0.25, 0.3) is 0 Å². The number of aliphatic hydroxyl groups excluding tert-OH is 1. The Kier molecular flexibility index (Phi) is 25.0. The van der Waals surface area contributed by atoms with Crippen molar-refractivity contribution >= 4 is 12.2 Å². The SMILES string of the molecule is CC(C)Nc1ccc(CO[C-]=O)cc1CO.O.[Ta].[Tb].[Y]. The molecule has 0 bridgehead atoms. The van der Waals surface area contributed by atoms with E-state index in [4.69, 9.17) is 0 Å². The molecule has 8 heteroatoms. The fraction of sp³-hybridized carbons (Fsp3) is 0.417. The number of rotatable bonds is 6. The van der Waals surface area contributed by atoms with Crippen LogP contribution in [0.1, 0.15) is 25.0 Å². The number of ether oxygens (including phenoxy) is 1. The van der Waals surface area contributed by atoms with Crippen molar-refractivity contribution in [3.05, 3.63) is 29.3 Å². The van der Waals surface area contributed by atoms with E-state index >= 15 is 0 Å². The van der Waals surface area contributed by atoms with Gasteiger partial charge < -0.3 is 25.4 Å². The van der Waals surface area contributed by atoms with Crippen LogP contribution in [0.5, 0.6) is 0 Å². The molecule has 1 rings (SSSR count). The second-order valence-electron chi connectivity index (χ2n) is 3.82. The maximum atomic E-state index is 9.94. The minimum absolute atomic E-state index is 0. The molecule has 3 radical (unpaired) electrons. The maximum absolute atomic E-state index is 9.94. The van der Waals surface area contributed by atoms with Crippen LogP contribution >= 0.6 is 0 Å². The molecule has 0 heterocycles. The molecule has 0 unspecified atom stereocenters. The predicted octanol–water partition coefficient (Wildman–Crippen LogP) is 0.753. The molecule has 1 aromatic carbocycles. The Bertz CT molecular complexity index is 369. The van der Waals surface area contributed by atoms with Crippen LogP contribution in [0.3, 0.4) is 0 Å². The fourth-order valence-electron chi connectivity index (χ4n) is 1.43. The molecule has 1 aromatic rings. The van der Waals surface area contributed by atoms with Gasteiger partial charge in [0.2, 0.25) is 0 Å². The Balaban J connectivity index is -0.000000320. The van der Waals surface area contributed by atoms with E-state index in [1.807, 2.05) is 32.0 Å². The minimum atomic E-state index is -0.0479. The van der Waals surface area contributed by atoms with Gasteiger partial charge in [0, 0.05) is 111 Å². The molecule has 0 fully saturated rings. The standard InChI is InChI=1S/C12H16NO3.H2O.Ta.Tb.Y/c1-9(2)13-12-4-3-10(7-16-8-15)5-11(12)6-14;;;;/h3-5,9,13-14H,6-7H2,1-2H3;1H2;;;/q-1;;;;. The summed E-state index contributed by atoms with van der Waals surface area (Å²) in [5.41, 5.74) is 2.53. The summed E-state index contributed by atoms with van der Waals surface area (Å²) in [5, 5.41) is 12.5. The largest absolute Gasteiger partial charge is 0.650 e. The van der Waals surface area contributed by atoms with E-state index in [-0.39, 0.29) is 112 Å². The van der Waals surface area contributed by atoms with E-state index in [0.717, 1.165) is 16.8 Å². The summed E-state index contributed by atoms with van der Waals surface area (Å²) in [5.74, 6) is 0. The van der Waals surface area contributed by atoms with Gasteiger partial charge in [-0.2, -0.15) is 0 Å². The van der Waals surface area contributed by atoms with Gasteiger partial charge in [-0.05, 0) is 31.5 Å². The molecule has 113 valence electrons. The Morgan fingerprint density at radius 3 is 2.45 bits per heavy atom. The number of carbonyl (C=O) groups excluding carboxylic acids is 1. The number of hydrogen-bond acceptors (Lipinski definition) is 4. The summed E-state index contributed by atoms with van der Waals surface area (Å²) in [6.07, 6.45) is 0. The Morgan fingerprint density at radius 1 is 1.40 bits per heavy atom. The maximum Gasteiger partial charge on any atom is 0.0745 e. The van der Waals surface area contributed by atoms with Gasteiger partial charge >= 0.3 is 0 Å². The summed E-state index contributed by atoms with van der Waals surface area (Å²) in [7, 11) is 0. The molecule has 20 heavy (non-hydrogen) atoms. The predicted molar refractivity (Wildman–Crippen MR) is 65.2 cm³/mol. The quantitative estimate of drug-likeness (QED) is 0.439. The normalized spacial score (nSPS) is 8.20. The van der Waals surface area contributed by atoms with Crippen LogP contribution in [0, 0.1) is 38.6 Å². The van der Waals surface area contributed by atoms with Crippen molar-refractivity contribution in [2.45, 2.75) is 33.1 Å². The van der Waals surface area contributed by atoms with E-state index < -0.39 is 0 Å². The van der Waals surface area contributed by atoms with E-state index in [0.29, 0.717) is 6.04 Å². The molecule has 0 aliphatic rings. The summed E-state index contributed by atoms with van der Waals surface area (Å²) in [6, 6.07) is 5.83. The third-order valence-electron chi connectivity index (χ3n) is 2.08. The first kappa shape index (κ1) is 29.5. The molecule has 0 amide bonds. The molecule has 0 aromatic heterocycles. The molecule has 0 saturated carbocycles. The van der Waals surface area contributed by atoms with Gasteiger partial charge in [0.1, 0.15) is 0 Å². The smallest absolute Gasteiger partial charge is 0.0745 e. The Labute approximate surface area is 191 Å². The molecular formula is C12H18NO4TaTbY-. The van der Waals surface area contributed by atoms with E-state index in [2.05, 4.69) is 10.1 Å². The fourth-order valence-corrected chi connectivity index (χ4v) is 1.43. The van der Waals surface area contributed by atoms with Gasteiger partial charge in [-0.3, -0.25) is 0 Å². The molecule has 5 nitrogen and oxygen atoms in total. The first-order valence-electron chi connectivity index (χ1n) is 5.15. The molecular weight excluding hydrogens is 651 g/mol. The Hall–Kier alpha value is 1.54. The average molecular weight is 669 g/mol. The van der Waals surface area contributed by atoms with Gasteiger partial charge in [-0.1, -0.05) is 12.5 Å². The summed E-state index contributed by atoms with van der Waals surface area (Å²) >= 11 is 0. The first-order chi connectivity index (χ1) is 7.67. The second-order valence-corrected chi connectivity index (χ2v) is 3.82. The van der Waals surface area contributed by atoms with Crippen LogP contribution < -0.4 is 5.32 Å².